The van der Waals surface area contributed by atoms with Crippen LogP contribution in [-0.2, 0) is 4.84 Å². The van der Waals surface area contributed by atoms with Gasteiger partial charge in [-0.05, 0) is 57.5 Å². The molecule has 0 aromatic carbocycles. The van der Waals surface area contributed by atoms with Crippen molar-refractivity contribution in [2.45, 2.75) is 92.2 Å². The summed E-state index contributed by atoms with van der Waals surface area (Å²) in [6.07, 6.45) is 14.1. The lowest BCUT2D eigenvalue weighted by molar-refractivity contribution is 0.111. The fourth-order valence-corrected chi connectivity index (χ4v) is 3.44. The molecule has 0 spiro atoms. The van der Waals surface area contributed by atoms with Crippen molar-refractivity contribution in [1.82, 2.24) is 31.0 Å². The number of nitrogens with one attached hydrogen (secondary N) is 5. The summed E-state index contributed by atoms with van der Waals surface area (Å²) < 4.78 is 9.50. The van der Waals surface area contributed by atoms with Gasteiger partial charge in [0.05, 0.1) is 18.4 Å². The zero-order chi connectivity index (χ0) is 30.7. The number of hydrogen-bond donors (Lipinski definition) is 5. The Kier molecular flexibility index (Phi) is 26.4. The van der Waals surface area contributed by atoms with Crippen molar-refractivity contribution in [3.63, 3.8) is 0 Å². The lowest BCUT2D eigenvalue weighted by Gasteiger charge is -2.23. The molecule has 1 aliphatic rings. The fraction of sp³-hybridized carbons (Fsp3) is 0.516. The first-order chi connectivity index (χ1) is 19.9. The summed E-state index contributed by atoms with van der Waals surface area (Å²) in [7, 11) is 0.500. The molecule has 1 aliphatic heterocycles. The summed E-state index contributed by atoms with van der Waals surface area (Å²) in [6.45, 7) is 9.49. The van der Waals surface area contributed by atoms with Crippen molar-refractivity contribution in [1.29, 1.82) is 5.41 Å². The van der Waals surface area contributed by atoms with Crippen molar-refractivity contribution in [3.8, 4) is 11.3 Å². The van der Waals surface area contributed by atoms with Crippen molar-refractivity contribution in [3.05, 3.63) is 71.0 Å². The van der Waals surface area contributed by atoms with Gasteiger partial charge < -0.3 is 10.2 Å². The highest BCUT2D eigenvalue weighted by atomic mass is 19.1. The number of aromatic nitrogens is 4. The van der Waals surface area contributed by atoms with E-state index in [1.54, 1.807) is 36.8 Å². The van der Waals surface area contributed by atoms with E-state index in [1.807, 2.05) is 32.0 Å². The second-order valence-corrected chi connectivity index (χ2v) is 9.23. The molecule has 0 aliphatic carbocycles. The SMILES string of the molecule is C.CC(C)NOC(=N)C[C@@H]1CCCCN1.CCCCC.CF.O=Cc1[nH][nH]c(=O)c1-c1ccccn1.c1ccncc1. The largest absolute Gasteiger partial charge is 0.393 e. The maximum Gasteiger partial charge on any atom is 0.274 e. The number of alkyl halides is 1. The Bertz CT molecular complexity index is 1040. The minimum Gasteiger partial charge on any atom is -0.393 e. The second kappa shape index (κ2) is 27.5. The van der Waals surface area contributed by atoms with Gasteiger partial charge >= 0.3 is 0 Å². The van der Waals surface area contributed by atoms with Crippen LogP contribution in [0.15, 0.2) is 59.8 Å². The molecule has 3 aromatic rings. The van der Waals surface area contributed by atoms with E-state index in [1.165, 1.54) is 32.1 Å². The third kappa shape index (κ3) is 19.4. The lowest BCUT2D eigenvalue weighted by Crippen LogP contribution is -2.37. The highest BCUT2D eigenvalue weighted by Gasteiger charge is 2.15. The zero-order valence-corrected chi connectivity index (χ0v) is 25.1. The molecule has 11 heteroatoms. The number of aromatic amines is 2. The Morgan fingerprint density at radius 2 is 1.76 bits per heavy atom. The van der Waals surface area contributed by atoms with E-state index in [0.29, 0.717) is 37.5 Å². The number of piperidine rings is 1. The van der Waals surface area contributed by atoms with Gasteiger partial charge in [-0.25, -0.2) is 0 Å². The summed E-state index contributed by atoms with van der Waals surface area (Å²) in [5.74, 6) is 0.332. The van der Waals surface area contributed by atoms with Gasteiger partial charge in [-0.1, -0.05) is 59.1 Å². The molecule has 0 amide bonds. The van der Waals surface area contributed by atoms with Gasteiger partial charge in [0.15, 0.2) is 6.29 Å². The van der Waals surface area contributed by atoms with E-state index in [0.717, 1.165) is 13.0 Å². The molecule has 4 heterocycles. The predicted octanol–water partition coefficient (Wildman–Crippen LogP) is 6.50. The van der Waals surface area contributed by atoms with Crippen LogP contribution in [0.4, 0.5) is 4.39 Å². The van der Waals surface area contributed by atoms with Gasteiger partial charge in [0.2, 0.25) is 5.90 Å². The Morgan fingerprint density at radius 1 is 1.10 bits per heavy atom. The van der Waals surface area contributed by atoms with Crippen LogP contribution in [0.5, 0.6) is 0 Å². The van der Waals surface area contributed by atoms with Gasteiger partial charge in [0.1, 0.15) is 5.69 Å². The van der Waals surface area contributed by atoms with Crippen molar-refractivity contribution >= 4 is 12.2 Å². The van der Waals surface area contributed by atoms with E-state index in [2.05, 4.69) is 44.8 Å². The molecule has 5 N–H and O–H groups in total. The van der Waals surface area contributed by atoms with Crippen LogP contribution < -0.4 is 16.4 Å². The van der Waals surface area contributed by atoms with Crippen LogP contribution in [0, 0.1) is 5.41 Å². The molecule has 0 unspecified atom stereocenters. The first kappa shape index (κ1) is 40.4. The summed E-state index contributed by atoms with van der Waals surface area (Å²) in [5.41, 5.74) is 3.42. The molecule has 0 saturated carbocycles. The minimum absolute atomic E-state index is 0. The molecule has 10 nitrogen and oxygen atoms in total. The quantitative estimate of drug-likeness (QED) is 0.0871. The monoisotopic (exact) mass is 589 g/mol. The average molecular weight is 590 g/mol. The third-order valence-electron chi connectivity index (χ3n) is 5.38. The first-order valence-corrected chi connectivity index (χ1v) is 14.1. The number of pyridine rings is 2. The molecule has 1 atom stereocenters. The molecule has 42 heavy (non-hydrogen) atoms. The van der Waals surface area contributed by atoms with E-state index in [9.17, 15) is 14.0 Å². The number of nitrogens with zero attached hydrogens (tertiary/aromatic N) is 2. The average Bonchev–Trinajstić information content (AvgIpc) is 3.40. The van der Waals surface area contributed by atoms with Crippen molar-refractivity contribution in [2.75, 3.05) is 13.7 Å². The molecule has 0 radical (unpaired) electrons. The number of rotatable bonds is 8. The highest BCUT2D eigenvalue weighted by Crippen LogP contribution is 2.13. The standard InChI is InChI=1S/C10H21N3O.C9H7N3O2.C5H5N.C5H12.CH3F.CH4/c1-8(2)13-14-10(11)7-9-5-3-4-6-12-9;13-5-7-8(9(14)12-11-7)6-3-1-2-4-10-6;1-2-4-6-5-3-1;1-3-5-4-2;1-2;/h8-9,11-13H,3-7H2,1-2H3;1-5H,(H2,11,12,14);1-5H;3-5H2,1-2H3;1H3;1H4/t9-;;;;;/m0...../s1. The summed E-state index contributed by atoms with van der Waals surface area (Å²) in [4.78, 5) is 34.8. The summed E-state index contributed by atoms with van der Waals surface area (Å²) >= 11 is 0. The Labute approximate surface area is 250 Å². The number of carbonyl (C=O) groups is 1. The number of carbonyl (C=O) groups excluding carboxylic acids is 1. The van der Waals surface area contributed by atoms with Gasteiger partial charge in [-0.3, -0.25) is 39.6 Å². The third-order valence-corrected chi connectivity index (χ3v) is 5.38. The lowest BCUT2D eigenvalue weighted by atomic mass is 10.0. The molecule has 4 rings (SSSR count). The van der Waals surface area contributed by atoms with E-state index in [-0.39, 0.29) is 30.3 Å². The van der Waals surface area contributed by atoms with Gasteiger partial charge in [-0.15, -0.1) is 0 Å². The van der Waals surface area contributed by atoms with Gasteiger partial charge in [-0.2, -0.15) is 5.48 Å². The first-order valence-electron chi connectivity index (χ1n) is 14.1. The smallest absolute Gasteiger partial charge is 0.274 e. The molecule has 236 valence electrons. The van der Waals surface area contributed by atoms with E-state index < -0.39 is 0 Å². The number of unbranched alkanes of at least 4 members (excludes halogenated alkanes) is 2. The number of halogens is 1. The van der Waals surface area contributed by atoms with E-state index in [4.69, 9.17) is 10.2 Å². The zero-order valence-electron chi connectivity index (χ0n) is 25.1. The van der Waals surface area contributed by atoms with Crippen LogP contribution in [0.2, 0.25) is 0 Å². The molecular formula is C31H52FN7O3. The fourth-order valence-electron chi connectivity index (χ4n) is 3.44. The summed E-state index contributed by atoms with van der Waals surface area (Å²) in [6, 6.07) is 11.6. The van der Waals surface area contributed by atoms with Crippen LogP contribution in [0.3, 0.4) is 0 Å². The Balaban J connectivity index is 0. The van der Waals surface area contributed by atoms with Crippen molar-refractivity contribution in [2.24, 2.45) is 0 Å². The second-order valence-electron chi connectivity index (χ2n) is 9.23. The Hall–Kier alpha value is -3.70. The summed E-state index contributed by atoms with van der Waals surface area (Å²) in [5, 5.41) is 15.8. The molecular weight excluding hydrogens is 537 g/mol. The van der Waals surface area contributed by atoms with Crippen LogP contribution in [0.25, 0.3) is 11.3 Å². The topological polar surface area (TPSA) is 149 Å². The maximum atomic E-state index is 11.3. The number of hydrogen-bond acceptors (Lipinski definition) is 8. The number of hydroxylamine groups is 1. The molecule has 3 aromatic heterocycles. The predicted molar refractivity (Wildman–Crippen MR) is 171 cm³/mol. The van der Waals surface area contributed by atoms with E-state index >= 15 is 0 Å². The number of H-pyrrole nitrogens is 2. The van der Waals surface area contributed by atoms with Crippen LogP contribution >= 0.6 is 0 Å². The molecule has 1 fully saturated rings. The van der Waals surface area contributed by atoms with Crippen molar-refractivity contribution < 1.29 is 14.0 Å². The van der Waals surface area contributed by atoms with Gasteiger partial charge in [0.25, 0.3) is 5.56 Å². The van der Waals surface area contributed by atoms with Gasteiger partial charge in [0, 0.05) is 37.1 Å². The normalized spacial score (nSPS) is 13.1. The van der Waals surface area contributed by atoms with Crippen LogP contribution in [-0.4, -0.2) is 58.2 Å². The van der Waals surface area contributed by atoms with Crippen LogP contribution in [0.1, 0.15) is 90.6 Å². The maximum absolute atomic E-state index is 11.3. The molecule has 0 bridgehead atoms. The minimum atomic E-state index is -0.342. The molecule has 1 saturated heterocycles. The number of aldehydes is 1. The Morgan fingerprint density at radius 3 is 2.19 bits per heavy atom. The highest BCUT2D eigenvalue weighted by molar-refractivity contribution is 5.83.